The molecule has 0 aliphatic heterocycles. The van der Waals surface area contributed by atoms with E-state index in [0.29, 0.717) is 5.95 Å². The van der Waals surface area contributed by atoms with Crippen LogP contribution < -0.4 is 14.8 Å². The van der Waals surface area contributed by atoms with Gasteiger partial charge in [-0.05, 0) is 31.9 Å². The highest BCUT2D eigenvalue weighted by molar-refractivity contribution is 5.88. The molecule has 24 heavy (non-hydrogen) atoms. The van der Waals surface area contributed by atoms with Gasteiger partial charge in [-0.15, -0.1) is 0 Å². The number of methoxy groups -OCH3 is 2. The highest BCUT2D eigenvalue weighted by Gasteiger charge is 2.09. The highest BCUT2D eigenvalue weighted by Crippen LogP contribution is 2.31. The first-order valence-electron chi connectivity index (χ1n) is 7.96. The van der Waals surface area contributed by atoms with Gasteiger partial charge in [-0.3, -0.25) is 0 Å². The van der Waals surface area contributed by atoms with Crippen molar-refractivity contribution in [1.29, 1.82) is 0 Å². The first-order chi connectivity index (χ1) is 11.7. The summed E-state index contributed by atoms with van der Waals surface area (Å²) in [6.07, 6.45) is 3.67. The summed E-state index contributed by atoms with van der Waals surface area (Å²) in [6, 6.07) is 7.91. The molecule has 126 valence electrons. The zero-order valence-electron chi connectivity index (χ0n) is 14.2. The molecule has 0 atom stereocenters. The number of aryl methyl sites for hydroxylation is 2. The molecule has 0 amide bonds. The number of fused-ring (bicyclic) bond motifs is 1. The molecule has 2 heterocycles. The summed E-state index contributed by atoms with van der Waals surface area (Å²) in [5, 5.41) is 4.32. The topological polar surface area (TPSA) is 72.1 Å². The minimum Gasteiger partial charge on any atom is -0.497 e. The lowest BCUT2D eigenvalue weighted by Crippen LogP contribution is -2.06. The lowest BCUT2D eigenvalue weighted by atomic mass is 10.2. The van der Waals surface area contributed by atoms with E-state index in [-0.39, 0.29) is 0 Å². The molecule has 2 N–H and O–H groups in total. The Labute approximate surface area is 141 Å². The fourth-order valence-electron chi connectivity index (χ4n) is 2.67. The summed E-state index contributed by atoms with van der Waals surface area (Å²) in [5.41, 5.74) is 3.16. The van der Waals surface area contributed by atoms with E-state index in [1.807, 2.05) is 25.1 Å². The maximum absolute atomic E-state index is 5.45. The second kappa shape index (κ2) is 7.21. The van der Waals surface area contributed by atoms with Gasteiger partial charge < -0.3 is 19.8 Å². The van der Waals surface area contributed by atoms with Gasteiger partial charge >= 0.3 is 0 Å². The molecule has 6 heteroatoms. The van der Waals surface area contributed by atoms with Gasteiger partial charge in [-0.2, -0.15) is 0 Å². The van der Waals surface area contributed by atoms with Crippen LogP contribution in [0.5, 0.6) is 11.5 Å². The predicted molar refractivity (Wildman–Crippen MR) is 95.0 cm³/mol. The minimum absolute atomic E-state index is 0.679. The number of anilines is 1. The Bertz CT molecular complexity index is 829. The summed E-state index contributed by atoms with van der Waals surface area (Å²) in [4.78, 5) is 12.0. The normalized spacial score (nSPS) is 10.8. The van der Waals surface area contributed by atoms with E-state index < -0.39 is 0 Å². The Balaban J connectivity index is 1.63. The number of aromatic amines is 1. The molecular weight excluding hydrogens is 304 g/mol. The average molecular weight is 326 g/mol. The van der Waals surface area contributed by atoms with Crippen molar-refractivity contribution in [3.05, 3.63) is 41.9 Å². The summed E-state index contributed by atoms with van der Waals surface area (Å²) in [7, 11) is 3.33. The molecule has 1 aromatic carbocycles. The van der Waals surface area contributed by atoms with E-state index in [4.69, 9.17) is 9.47 Å². The molecule has 0 bridgehead atoms. The Kier molecular flexibility index (Phi) is 4.84. The number of rotatable bonds is 7. The maximum atomic E-state index is 5.45. The van der Waals surface area contributed by atoms with Gasteiger partial charge in [0, 0.05) is 41.6 Å². The van der Waals surface area contributed by atoms with Crippen molar-refractivity contribution in [2.24, 2.45) is 0 Å². The van der Waals surface area contributed by atoms with Gasteiger partial charge in [0.1, 0.15) is 11.5 Å². The number of nitrogens with zero attached hydrogens (tertiary/aromatic N) is 2. The van der Waals surface area contributed by atoms with E-state index in [9.17, 15) is 0 Å². The standard InChI is InChI=1S/C18H22N4O2/c1-12-6-8-20-18(21-12)19-7-4-5-13-9-15-16(22-13)10-14(23-2)11-17(15)24-3/h6,8-11,22H,4-5,7H2,1-3H3,(H,19,20,21). The highest BCUT2D eigenvalue weighted by atomic mass is 16.5. The molecule has 0 aliphatic rings. The SMILES string of the molecule is COc1cc(OC)c2cc(CCCNc3nccc(C)n3)[nH]c2c1. The van der Waals surface area contributed by atoms with Gasteiger partial charge in [0.05, 0.1) is 19.7 Å². The largest absolute Gasteiger partial charge is 0.497 e. The van der Waals surface area contributed by atoms with Gasteiger partial charge in [-0.25, -0.2) is 9.97 Å². The van der Waals surface area contributed by atoms with Crippen LogP contribution in [0.1, 0.15) is 17.8 Å². The fourth-order valence-corrected chi connectivity index (χ4v) is 2.67. The Morgan fingerprint density at radius 3 is 2.79 bits per heavy atom. The molecule has 0 spiro atoms. The van der Waals surface area contributed by atoms with E-state index >= 15 is 0 Å². The van der Waals surface area contributed by atoms with Crippen molar-refractivity contribution < 1.29 is 9.47 Å². The van der Waals surface area contributed by atoms with Crippen LogP contribution in [0.4, 0.5) is 5.95 Å². The summed E-state index contributed by atoms with van der Waals surface area (Å²) < 4.78 is 10.8. The van der Waals surface area contributed by atoms with Crippen LogP contribution in [0.2, 0.25) is 0 Å². The van der Waals surface area contributed by atoms with Crippen LogP contribution in [0.25, 0.3) is 10.9 Å². The van der Waals surface area contributed by atoms with Crippen LogP contribution in [0.15, 0.2) is 30.5 Å². The van der Waals surface area contributed by atoms with Gasteiger partial charge in [0.2, 0.25) is 5.95 Å². The summed E-state index contributed by atoms with van der Waals surface area (Å²) in [5.74, 6) is 2.28. The molecule has 0 saturated carbocycles. The summed E-state index contributed by atoms with van der Waals surface area (Å²) >= 11 is 0. The smallest absolute Gasteiger partial charge is 0.222 e. The zero-order valence-corrected chi connectivity index (χ0v) is 14.2. The molecule has 0 fully saturated rings. The van der Waals surface area contributed by atoms with Crippen molar-refractivity contribution in [3.8, 4) is 11.5 Å². The zero-order chi connectivity index (χ0) is 16.9. The van der Waals surface area contributed by atoms with Crippen LogP contribution in [0.3, 0.4) is 0 Å². The second-order valence-corrected chi connectivity index (χ2v) is 5.64. The van der Waals surface area contributed by atoms with Crippen molar-refractivity contribution >= 4 is 16.9 Å². The van der Waals surface area contributed by atoms with Gasteiger partial charge in [-0.1, -0.05) is 0 Å². The van der Waals surface area contributed by atoms with E-state index in [2.05, 4.69) is 26.3 Å². The molecular formula is C18H22N4O2. The molecule has 3 aromatic rings. The Morgan fingerprint density at radius 2 is 2.04 bits per heavy atom. The number of aromatic nitrogens is 3. The average Bonchev–Trinajstić information content (AvgIpc) is 3.00. The number of benzene rings is 1. The lowest BCUT2D eigenvalue weighted by molar-refractivity contribution is 0.398. The van der Waals surface area contributed by atoms with Crippen molar-refractivity contribution in [2.45, 2.75) is 19.8 Å². The molecule has 0 saturated heterocycles. The van der Waals surface area contributed by atoms with Crippen LogP contribution in [-0.4, -0.2) is 35.7 Å². The van der Waals surface area contributed by atoms with E-state index in [1.165, 1.54) is 5.69 Å². The van der Waals surface area contributed by atoms with Crippen LogP contribution in [0, 0.1) is 6.92 Å². The maximum Gasteiger partial charge on any atom is 0.222 e. The fraction of sp³-hybridized carbons (Fsp3) is 0.333. The predicted octanol–water partition coefficient (Wildman–Crippen LogP) is 3.33. The first kappa shape index (κ1) is 16.1. The third-order valence-electron chi connectivity index (χ3n) is 3.89. The van der Waals surface area contributed by atoms with Gasteiger partial charge in [0.25, 0.3) is 0 Å². The quantitative estimate of drug-likeness (QED) is 0.652. The molecule has 0 unspecified atom stereocenters. The molecule has 0 radical (unpaired) electrons. The number of ether oxygens (including phenoxy) is 2. The number of H-pyrrole nitrogens is 1. The third kappa shape index (κ3) is 3.59. The van der Waals surface area contributed by atoms with E-state index in [1.54, 1.807) is 20.4 Å². The van der Waals surface area contributed by atoms with Crippen molar-refractivity contribution in [1.82, 2.24) is 15.0 Å². The second-order valence-electron chi connectivity index (χ2n) is 5.64. The van der Waals surface area contributed by atoms with Crippen LogP contribution >= 0.6 is 0 Å². The lowest BCUT2D eigenvalue weighted by Gasteiger charge is -2.04. The number of hydrogen-bond donors (Lipinski definition) is 2. The number of hydrogen-bond acceptors (Lipinski definition) is 5. The molecule has 2 aromatic heterocycles. The Morgan fingerprint density at radius 1 is 1.17 bits per heavy atom. The number of nitrogens with one attached hydrogen (secondary N) is 2. The minimum atomic E-state index is 0.679. The van der Waals surface area contributed by atoms with Crippen LogP contribution in [-0.2, 0) is 6.42 Å². The first-order valence-corrected chi connectivity index (χ1v) is 7.96. The molecule has 0 aliphatic carbocycles. The molecule has 3 rings (SSSR count). The van der Waals surface area contributed by atoms with Crippen molar-refractivity contribution in [2.75, 3.05) is 26.1 Å². The van der Waals surface area contributed by atoms with Gasteiger partial charge in [0.15, 0.2) is 0 Å². The van der Waals surface area contributed by atoms with E-state index in [0.717, 1.165) is 47.5 Å². The monoisotopic (exact) mass is 326 g/mol. The third-order valence-corrected chi connectivity index (χ3v) is 3.89. The molecule has 6 nitrogen and oxygen atoms in total. The Hall–Kier alpha value is -2.76. The van der Waals surface area contributed by atoms with Crippen molar-refractivity contribution in [3.63, 3.8) is 0 Å². The summed E-state index contributed by atoms with van der Waals surface area (Å²) in [6.45, 7) is 2.78.